The molecule has 0 aliphatic heterocycles. The Hall–Kier alpha value is -4.10. The van der Waals surface area contributed by atoms with E-state index in [2.05, 4.69) is 32.8 Å². The SMILES string of the molecule is C=C(OCC)c1cc2nc(-c3ncc(-c4ccc(C5(C#N)CC5)cc4)cc3S(=O)(=O)CC)n(C)c2nn1. The van der Waals surface area contributed by atoms with Crippen molar-refractivity contribution in [3.05, 3.63) is 60.4 Å². The van der Waals surface area contributed by atoms with Crippen LogP contribution in [-0.4, -0.2) is 45.5 Å². The fourth-order valence-corrected chi connectivity index (χ4v) is 5.37. The number of sulfone groups is 1. The van der Waals surface area contributed by atoms with Gasteiger partial charge < -0.3 is 9.30 Å². The van der Waals surface area contributed by atoms with Gasteiger partial charge in [0.1, 0.15) is 22.7 Å². The lowest BCUT2D eigenvalue weighted by molar-refractivity contribution is 0.297. The van der Waals surface area contributed by atoms with Gasteiger partial charge in [0.25, 0.3) is 0 Å². The smallest absolute Gasteiger partial charge is 0.182 e. The van der Waals surface area contributed by atoms with Crippen LogP contribution in [0.4, 0.5) is 0 Å². The summed E-state index contributed by atoms with van der Waals surface area (Å²) < 4.78 is 33.5. The highest BCUT2D eigenvalue weighted by Gasteiger charge is 2.44. The lowest BCUT2D eigenvalue weighted by Gasteiger charge is -2.12. The number of benzene rings is 1. The molecule has 3 aromatic heterocycles. The van der Waals surface area contributed by atoms with Crippen molar-refractivity contribution < 1.29 is 13.2 Å². The molecule has 1 fully saturated rings. The normalized spacial score (nSPS) is 14.3. The van der Waals surface area contributed by atoms with Gasteiger partial charge in [0.15, 0.2) is 21.3 Å². The van der Waals surface area contributed by atoms with Crippen LogP contribution in [0.15, 0.2) is 54.1 Å². The van der Waals surface area contributed by atoms with Crippen molar-refractivity contribution in [1.82, 2.24) is 24.7 Å². The van der Waals surface area contributed by atoms with Crippen LogP contribution in [0.3, 0.4) is 0 Å². The van der Waals surface area contributed by atoms with Gasteiger partial charge in [-0.25, -0.2) is 13.4 Å². The molecule has 37 heavy (non-hydrogen) atoms. The molecule has 9 nitrogen and oxygen atoms in total. The Balaban J connectivity index is 1.60. The number of imidazole rings is 1. The lowest BCUT2D eigenvalue weighted by Crippen LogP contribution is -2.09. The number of fused-ring (bicyclic) bond motifs is 1. The Kier molecular flexibility index (Phi) is 6.04. The molecule has 1 aromatic carbocycles. The molecule has 4 aromatic rings. The minimum Gasteiger partial charge on any atom is -0.492 e. The van der Waals surface area contributed by atoms with Crippen LogP contribution in [0, 0.1) is 11.3 Å². The first-order chi connectivity index (χ1) is 17.7. The maximum atomic E-state index is 13.2. The average Bonchev–Trinajstić information content (AvgIpc) is 3.66. The molecule has 0 saturated heterocycles. The third kappa shape index (κ3) is 4.25. The number of rotatable bonds is 8. The van der Waals surface area contributed by atoms with Gasteiger partial charge in [-0.3, -0.25) is 4.98 Å². The van der Waals surface area contributed by atoms with Crippen LogP contribution >= 0.6 is 0 Å². The Labute approximate surface area is 215 Å². The highest BCUT2D eigenvalue weighted by Crippen LogP contribution is 2.47. The predicted molar refractivity (Wildman–Crippen MR) is 140 cm³/mol. The first kappa shape index (κ1) is 24.6. The van der Waals surface area contributed by atoms with E-state index < -0.39 is 9.84 Å². The molecular weight excluding hydrogens is 488 g/mol. The number of aromatic nitrogens is 5. The van der Waals surface area contributed by atoms with Crippen LogP contribution in [0.1, 0.15) is 37.9 Å². The van der Waals surface area contributed by atoms with Crippen molar-refractivity contribution >= 4 is 26.8 Å². The van der Waals surface area contributed by atoms with E-state index in [0.717, 1.165) is 24.0 Å². The van der Waals surface area contributed by atoms with Gasteiger partial charge in [0, 0.05) is 18.8 Å². The largest absolute Gasteiger partial charge is 0.492 e. The van der Waals surface area contributed by atoms with Crippen LogP contribution in [-0.2, 0) is 27.0 Å². The Morgan fingerprint density at radius 2 is 1.89 bits per heavy atom. The molecule has 0 bridgehead atoms. The van der Waals surface area contributed by atoms with Crippen LogP contribution < -0.4 is 0 Å². The quantitative estimate of drug-likeness (QED) is 0.316. The van der Waals surface area contributed by atoms with Gasteiger partial charge in [-0.2, -0.15) is 5.26 Å². The minimum atomic E-state index is -3.65. The number of pyridine rings is 1. The van der Waals surface area contributed by atoms with E-state index >= 15 is 0 Å². The average molecular weight is 515 g/mol. The molecule has 0 amide bonds. The first-order valence-corrected chi connectivity index (χ1v) is 13.7. The van der Waals surface area contributed by atoms with Gasteiger partial charge in [-0.15, -0.1) is 10.2 Å². The summed E-state index contributed by atoms with van der Waals surface area (Å²) in [5.41, 5.74) is 3.79. The Bertz CT molecular complexity index is 1680. The van der Waals surface area contributed by atoms with E-state index in [9.17, 15) is 13.7 Å². The number of aryl methyl sites for hydroxylation is 1. The van der Waals surface area contributed by atoms with E-state index in [1.165, 1.54) is 0 Å². The molecule has 0 unspecified atom stereocenters. The molecule has 1 saturated carbocycles. The molecule has 0 radical (unpaired) electrons. The summed E-state index contributed by atoms with van der Waals surface area (Å²) in [6.45, 7) is 7.77. The van der Waals surface area contributed by atoms with Gasteiger partial charge in [-0.05, 0) is 43.0 Å². The molecule has 1 aliphatic rings. The fraction of sp³-hybridized carbons (Fsp3) is 0.296. The molecule has 1 aliphatic carbocycles. The van der Waals surface area contributed by atoms with E-state index in [4.69, 9.17) is 4.74 Å². The zero-order chi connectivity index (χ0) is 26.4. The second-order valence-corrected chi connectivity index (χ2v) is 11.3. The molecular formula is C27H26N6O3S. The molecule has 0 N–H and O–H groups in total. The third-order valence-electron chi connectivity index (χ3n) is 6.74. The zero-order valence-electron chi connectivity index (χ0n) is 20.9. The Morgan fingerprint density at radius 3 is 2.51 bits per heavy atom. The topological polar surface area (TPSA) is 124 Å². The summed E-state index contributed by atoms with van der Waals surface area (Å²) >= 11 is 0. The number of ether oxygens (including phenoxy) is 1. The highest BCUT2D eigenvalue weighted by atomic mass is 32.2. The Morgan fingerprint density at radius 1 is 1.16 bits per heavy atom. The molecule has 188 valence electrons. The number of nitriles is 1. The van der Waals surface area contributed by atoms with Gasteiger partial charge >= 0.3 is 0 Å². The maximum absolute atomic E-state index is 13.2. The number of hydrogen-bond donors (Lipinski definition) is 0. The fourth-order valence-electron chi connectivity index (χ4n) is 4.32. The summed E-state index contributed by atoms with van der Waals surface area (Å²) in [5.74, 6) is 0.660. The van der Waals surface area contributed by atoms with Crippen molar-refractivity contribution in [2.24, 2.45) is 7.05 Å². The van der Waals surface area contributed by atoms with Crippen molar-refractivity contribution in [3.8, 4) is 28.7 Å². The molecule has 3 heterocycles. The second-order valence-electron chi connectivity index (χ2n) is 9.03. The predicted octanol–water partition coefficient (Wildman–Crippen LogP) is 4.45. The first-order valence-electron chi connectivity index (χ1n) is 12.0. The minimum absolute atomic E-state index is 0.0865. The zero-order valence-corrected chi connectivity index (χ0v) is 21.7. The van der Waals surface area contributed by atoms with Crippen molar-refractivity contribution in [2.75, 3.05) is 12.4 Å². The summed E-state index contributed by atoms with van der Waals surface area (Å²) in [7, 11) is -1.90. The highest BCUT2D eigenvalue weighted by molar-refractivity contribution is 7.91. The monoisotopic (exact) mass is 514 g/mol. The van der Waals surface area contributed by atoms with Crippen molar-refractivity contribution in [2.45, 2.75) is 37.0 Å². The lowest BCUT2D eigenvalue weighted by atomic mass is 9.95. The van der Waals surface area contributed by atoms with Crippen molar-refractivity contribution in [3.63, 3.8) is 0 Å². The van der Waals surface area contributed by atoms with Gasteiger partial charge in [0.05, 0.1) is 28.7 Å². The van der Waals surface area contributed by atoms with E-state index in [0.29, 0.717) is 40.6 Å². The van der Waals surface area contributed by atoms with E-state index in [1.54, 1.807) is 36.9 Å². The van der Waals surface area contributed by atoms with Crippen LogP contribution in [0.2, 0.25) is 0 Å². The molecule has 5 rings (SSSR count). The summed E-state index contributed by atoms with van der Waals surface area (Å²) in [5, 5.41) is 17.9. The summed E-state index contributed by atoms with van der Waals surface area (Å²) in [6.07, 6.45) is 3.37. The molecule has 0 atom stereocenters. The standard InChI is InChI=1S/C27H26N6O3S/c1-5-36-17(3)21-14-22-25(32-31-21)33(4)26(30-22)24-23(37(34,35)6-2)13-19(15-29-24)18-7-9-20(10-8-18)27(16-28)11-12-27/h7-10,13-15H,3,5-6,11-12H2,1-2,4H3. The number of hydrogen-bond acceptors (Lipinski definition) is 8. The van der Waals surface area contributed by atoms with Crippen LogP contribution in [0.25, 0.3) is 39.6 Å². The molecule has 10 heteroatoms. The van der Waals surface area contributed by atoms with Crippen LogP contribution in [0.5, 0.6) is 0 Å². The van der Waals surface area contributed by atoms with Crippen molar-refractivity contribution in [1.29, 1.82) is 5.26 Å². The van der Waals surface area contributed by atoms with Gasteiger partial charge in [-0.1, -0.05) is 37.8 Å². The van der Waals surface area contributed by atoms with E-state index in [-0.39, 0.29) is 21.8 Å². The number of nitrogens with zero attached hydrogens (tertiary/aromatic N) is 6. The maximum Gasteiger partial charge on any atom is 0.182 e. The van der Waals surface area contributed by atoms with Gasteiger partial charge in [0.2, 0.25) is 0 Å². The summed E-state index contributed by atoms with van der Waals surface area (Å²) in [6, 6.07) is 13.4. The summed E-state index contributed by atoms with van der Waals surface area (Å²) in [4.78, 5) is 9.33. The molecule has 0 spiro atoms. The second kappa shape index (κ2) is 9.09. The van der Waals surface area contributed by atoms with E-state index in [1.807, 2.05) is 31.2 Å². The third-order valence-corrected chi connectivity index (χ3v) is 8.48.